The lowest BCUT2D eigenvalue weighted by Gasteiger charge is -2.19. The Morgan fingerprint density at radius 2 is 1.75 bits per heavy atom. The number of allylic oxidation sites excluding steroid dienone is 1. The third-order valence-corrected chi connectivity index (χ3v) is 7.39. The van der Waals surface area contributed by atoms with E-state index in [1.807, 2.05) is 42.5 Å². The van der Waals surface area contributed by atoms with Crippen LogP contribution in [0.15, 0.2) is 60.7 Å². The van der Waals surface area contributed by atoms with E-state index in [-0.39, 0.29) is 12.8 Å². The molecule has 1 heterocycles. The first-order chi connectivity index (χ1) is 19.2. The molecule has 0 saturated carbocycles. The normalized spacial score (nSPS) is 17.9. The lowest BCUT2D eigenvalue weighted by molar-refractivity contribution is -0.275. The SMILES string of the molecule is Nc1ccc2c(c1)CCCC(c1ccc(OC(F)(F)F)c(O)c1)=C2c1ccc(OC2CCN(CCCF)C2)cc1. The molecule has 1 aliphatic carbocycles. The number of benzene rings is 3. The zero-order chi connectivity index (χ0) is 28.3. The van der Waals surface area contributed by atoms with Crippen molar-refractivity contribution in [1.82, 2.24) is 4.90 Å². The van der Waals surface area contributed by atoms with Gasteiger partial charge in [0.05, 0.1) is 6.67 Å². The molecule has 1 atom stereocenters. The highest BCUT2D eigenvalue weighted by Gasteiger charge is 2.32. The van der Waals surface area contributed by atoms with E-state index in [2.05, 4.69) is 9.64 Å². The van der Waals surface area contributed by atoms with Crippen molar-refractivity contribution >= 4 is 16.8 Å². The summed E-state index contributed by atoms with van der Waals surface area (Å²) >= 11 is 0. The summed E-state index contributed by atoms with van der Waals surface area (Å²) in [6.07, 6.45) is -1.20. The standard InChI is InChI=1S/C31H32F4N2O3/c32-14-2-15-37-16-13-25(19-37)39-24-9-5-20(6-10-24)30-26(4-1-3-21-17-23(36)8-11-27(21)30)22-7-12-29(28(38)18-22)40-31(33,34)35/h5-12,17-18,25,38H,1-4,13-16,19,36H2. The summed E-state index contributed by atoms with van der Waals surface area (Å²) in [5.41, 5.74) is 12.2. The summed E-state index contributed by atoms with van der Waals surface area (Å²) < 4.78 is 61.0. The molecule has 2 aliphatic rings. The highest BCUT2D eigenvalue weighted by Crippen LogP contribution is 2.43. The minimum Gasteiger partial charge on any atom is -0.504 e. The van der Waals surface area contributed by atoms with Gasteiger partial charge >= 0.3 is 6.36 Å². The van der Waals surface area contributed by atoms with Crippen molar-refractivity contribution in [3.63, 3.8) is 0 Å². The number of fused-ring (bicyclic) bond motifs is 1. The van der Waals surface area contributed by atoms with Crippen molar-refractivity contribution < 1.29 is 32.1 Å². The van der Waals surface area contributed by atoms with E-state index in [1.54, 1.807) is 6.07 Å². The molecule has 5 nitrogen and oxygen atoms in total. The molecule has 0 spiro atoms. The van der Waals surface area contributed by atoms with Crippen LogP contribution >= 0.6 is 0 Å². The summed E-state index contributed by atoms with van der Waals surface area (Å²) in [6.45, 7) is 2.07. The quantitative estimate of drug-likeness (QED) is 0.231. The maximum Gasteiger partial charge on any atom is 0.573 e. The number of alkyl halides is 4. The van der Waals surface area contributed by atoms with Crippen molar-refractivity contribution in [2.45, 2.75) is 44.6 Å². The molecule has 0 aromatic heterocycles. The maximum atomic E-state index is 12.8. The third-order valence-electron chi connectivity index (χ3n) is 7.39. The largest absolute Gasteiger partial charge is 0.573 e. The molecule has 1 aliphatic heterocycles. The fourth-order valence-electron chi connectivity index (χ4n) is 5.61. The van der Waals surface area contributed by atoms with E-state index in [0.29, 0.717) is 24.1 Å². The lowest BCUT2D eigenvalue weighted by atomic mass is 9.87. The van der Waals surface area contributed by atoms with E-state index in [4.69, 9.17) is 10.5 Å². The van der Waals surface area contributed by atoms with Crippen molar-refractivity contribution in [2.24, 2.45) is 0 Å². The predicted octanol–water partition coefficient (Wildman–Crippen LogP) is 6.98. The van der Waals surface area contributed by atoms with Gasteiger partial charge in [-0.15, -0.1) is 13.2 Å². The molecule has 0 amide bonds. The van der Waals surface area contributed by atoms with Gasteiger partial charge in [0.15, 0.2) is 11.5 Å². The Morgan fingerprint density at radius 3 is 2.48 bits per heavy atom. The summed E-state index contributed by atoms with van der Waals surface area (Å²) in [4.78, 5) is 2.21. The number of likely N-dealkylation sites (tertiary alicyclic amines) is 1. The second-order valence-corrected chi connectivity index (χ2v) is 10.3. The molecule has 3 aromatic carbocycles. The molecule has 212 valence electrons. The van der Waals surface area contributed by atoms with Crippen LogP contribution in [0.4, 0.5) is 23.2 Å². The second kappa shape index (κ2) is 11.8. The molecular weight excluding hydrogens is 524 g/mol. The van der Waals surface area contributed by atoms with Crippen molar-refractivity contribution in [3.05, 3.63) is 82.9 Å². The Hall–Kier alpha value is -3.72. The fraction of sp³-hybridized carbons (Fsp3) is 0.355. The zero-order valence-electron chi connectivity index (χ0n) is 22.0. The topological polar surface area (TPSA) is 68.0 Å². The average Bonchev–Trinajstić information content (AvgIpc) is 3.27. The molecular formula is C31H32F4N2O3. The first kappa shape index (κ1) is 27.8. The zero-order valence-corrected chi connectivity index (χ0v) is 22.0. The molecule has 3 N–H and O–H groups in total. The molecule has 3 aromatic rings. The Balaban J connectivity index is 1.48. The number of hydrogen-bond acceptors (Lipinski definition) is 5. The molecule has 0 bridgehead atoms. The van der Waals surface area contributed by atoms with E-state index >= 15 is 0 Å². The number of aromatic hydroxyl groups is 1. The van der Waals surface area contributed by atoms with Crippen LogP contribution in [0.2, 0.25) is 0 Å². The number of hydrogen-bond donors (Lipinski definition) is 2. The van der Waals surface area contributed by atoms with Crippen LogP contribution in [0.5, 0.6) is 17.2 Å². The van der Waals surface area contributed by atoms with Gasteiger partial charge in [-0.05, 0) is 102 Å². The van der Waals surface area contributed by atoms with Gasteiger partial charge in [0.25, 0.3) is 0 Å². The fourth-order valence-corrected chi connectivity index (χ4v) is 5.61. The predicted molar refractivity (Wildman–Crippen MR) is 147 cm³/mol. The number of phenolic OH excluding ortho intramolecular Hbond substituents is 1. The van der Waals surface area contributed by atoms with Crippen LogP contribution in [-0.2, 0) is 6.42 Å². The first-order valence-electron chi connectivity index (χ1n) is 13.5. The Kier molecular flexibility index (Phi) is 8.21. The molecule has 1 unspecified atom stereocenters. The Labute approximate surface area is 230 Å². The van der Waals surface area contributed by atoms with Crippen molar-refractivity contribution in [3.8, 4) is 17.2 Å². The number of nitrogen functional groups attached to an aromatic ring is 1. The number of phenols is 1. The van der Waals surface area contributed by atoms with E-state index in [1.165, 1.54) is 6.07 Å². The highest BCUT2D eigenvalue weighted by molar-refractivity contribution is 6.00. The van der Waals surface area contributed by atoms with Gasteiger partial charge in [-0.2, -0.15) is 0 Å². The van der Waals surface area contributed by atoms with Gasteiger partial charge < -0.3 is 20.3 Å². The summed E-state index contributed by atoms with van der Waals surface area (Å²) in [6, 6.07) is 17.6. The van der Waals surface area contributed by atoms with Crippen LogP contribution in [0.3, 0.4) is 0 Å². The van der Waals surface area contributed by atoms with Gasteiger partial charge in [0.1, 0.15) is 11.9 Å². The average molecular weight is 557 g/mol. The summed E-state index contributed by atoms with van der Waals surface area (Å²) in [5, 5.41) is 10.4. The van der Waals surface area contributed by atoms with Crippen LogP contribution in [-0.4, -0.2) is 48.8 Å². The monoisotopic (exact) mass is 556 g/mol. The number of nitrogens with zero attached hydrogens (tertiary/aromatic N) is 1. The van der Waals surface area contributed by atoms with Gasteiger partial charge in [-0.3, -0.25) is 9.29 Å². The number of anilines is 1. The van der Waals surface area contributed by atoms with E-state index in [0.717, 1.165) is 78.5 Å². The summed E-state index contributed by atoms with van der Waals surface area (Å²) in [5.74, 6) is -0.484. The second-order valence-electron chi connectivity index (χ2n) is 10.3. The highest BCUT2D eigenvalue weighted by atomic mass is 19.4. The molecule has 9 heteroatoms. The smallest absolute Gasteiger partial charge is 0.504 e. The van der Waals surface area contributed by atoms with Gasteiger partial charge in [-0.25, -0.2) is 0 Å². The first-order valence-corrected chi connectivity index (χ1v) is 13.5. The number of rotatable bonds is 8. The van der Waals surface area contributed by atoms with Crippen LogP contribution < -0.4 is 15.2 Å². The summed E-state index contributed by atoms with van der Waals surface area (Å²) in [7, 11) is 0. The number of halogens is 4. The molecule has 1 saturated heterocycles. The maximum absolute atomic E-state index is 12.8. The van der Waals surface area contributed by atoms with E-state index in [9.17, 15) is 22.7 Å². The number of nitrogens with two attached hydrogens (primary N) is 1. The molecule has 1 fully saturated rings. The molecule has 40 heavy (non-hydrogen) atoms. The lowest BCUT2D eigenvalue weighted by Crippen LogP contribution is -2.26. The molecule has 0 radical (unpaired) electrons. The molecule has 5 rings (SSSR count). The number of aryl methyl sites for hydroxylation is 1. The van der Waals surface area contributed by atoms with Crippen LogP contribution in [0, 0.1) is 0 Å². The Morgan fingerprint density at radius 1 is 0.975 bits per heavy atom. The van der Waals surface area contributed by atoms with Crippen molar-refractivity contribution in [1.29, 1.82) is 0 Å². The minimum absolute atomic E-state index is 0.0437. The van der Waals surface area contributed by atoms with Crippen LogP contribution in [0.25, 0.3) is 11.1 Å². The minimum atomic E-state index is -4.90. The Bertz CT molecular complexity index is 1370. The van der Waals surface area contributed by atoms with E-state index < -0.39 is 17.9 Å². The van der Waals surface area contributed by atoms with Crippen molar-refractivity contribution in [2.75, 3.05) is 32.0 Å². The van der Waals surface area contributed by atoms with Gasteiger partial charge in [0, 0.05) is 25.3 Å². The van der Waals surface area contributed by atoms with Gasteiger partial charge in [0.2, 0.25) is 0 Å². The van der Waals surface area contributed by atoms with Gasteiger partial charge in [-0.1, -0.05) is 24.3 Å². The number of ether oxygens (including phenoxy) is 2. The van der Waals surface area contributed by atoms with Crippen LogP contribution in [0.1, 0.15) is 47.9 Å². The third kappa shape index (κ3) is 6.53.